The van der Waals surface area contributed by atoms with E-state index in [4.69, 9.17) is 104 Å². The van der Waals surface area contributed by atoms with Crippen LogP contribution in [0.4, 0.5) is 0 Å². The van der Waals surface area contributed by atoms with Crippen LogP contribution >= 0.6 is 104 Å². The van der Waals surface area contributed by atoms with E-state index >= 15 is 0 Å². The highest BCUT2D eigenvalue weighted by molar-refractivity contribution is 6.80. The Morgan fingerprint density at radius 1 is 0.792 bits per heavy atom. The van der Waals surface area contributed by atoms with Crippen LogP contribution in [0.25, 0.3) is 0 Å². The minimum atomic E-state index is -2.38. The molecular formula is C14H13Cl9O. The summed E-state index contributed by atoms with van der Waals surface area (Å²) in [5.41, 5.74) is 0.594. The van der Waals surface area contributed by atoms with Crippen molar-refractivity contribution in [3.8, 4) is 0 Å². The Kier molecular flexibility index (Phi) is 7.98. The number of aliphatic hydroxyl groups is 1. The van der Waals surface area contributed by atoms with Crippen LogP contribution in [0.2, 0.25) is 0 Å². The van der Waals surface area contributed by atoms with Crippen LogP contribution < -0.4 is 0 Å². The van der Waals surface area contributed by atoms with Crippen molar-refractivity contribution in [3.05, 3.63) is 35.4 Å². The standard InChI is InChI=1S/C14H13Cl9O/c1-7(2)10(24)8-5-3-4-6-9(8)11(15,16)12(17,18)13(19,20)14(21,22)23/h3-7,10,24H,1-2H3. The fraction of sp³-hybridized carbons (Fsp3) is 0.571. The second-order valence-corrected chi connectivity index (χ2v) is 11.8. The molecule has 0 radical (unpaired) electrons. The van der Waals surface area contributed by atoms with Crippen molar-refractivity contribution < 1.29 is 5.11 Å². The van der Waals surface area contributed by atoms with Gasteiger partial charge < -0.3 is 5.11 Å². The Morgan fingerprint density at radius 2 is 1.25 bits per heavy atom. The van der Waals surface area contributed by atoms with Gasteiger partial charge in [-0.3, -0.25) is 0 Å². The summed E-state index contributed by atoms with van der Waals surface area (Å²) in [5, 5.41) is 10.4. The third kappa shape index (κ3) is 4.27. The highest BCUT2D eigenvalue weighted by Gasteiger charge is 2.68. The van der Waals surface area contributed by atoms with Gasteiger partial charge in [0.15, 0.2) is 8.67 Å². The molecule has 0 spiro atoms. The first-order valence-electron chi connectivity index (χ1n) is 6.56. The van der Waals surface area contributed by atoms with Crippen LogP contribution in [0.5, 0.6) is 0 Å². The third-order valence-corrected chi connectivity index (χ3v) is 8.84. The third-order valence-electron chi connectivity index (χ3n) is 3.39. The first-order chi connectivity index (χ1) is 10.6. The maximum Gasteiger partial charge on any atom is 0.226 e. The van der Waals surface area contributed by atoms with E-state index in [9.17, 15) is 5.11 Å². The van der Waals surface area contributed by atoms with Crippen molar-refractivity contribution in [2.24, 2.45) is 5.92 Å². The van der Waals surface area contributed by atoms with E-state index < -0.39 is 22.9 Å². The zero-order valence-electron chi connectivity index (χ0n) is 12.3. The van der Waals surface area contributed by atoms with Gasteiger partial charge in [-0.25, -0.2) is 0 Å². The van der Waals surface area contributed by atoms with E-state index in [2.05, 4.69) is 0 Å². The lowest BCUT2D eigenvalue weighted by Crippen LogP contribution is -2.55. The van der Waals surface area contributed by atoms with Crippen molar-refractivity contribution in [2.45, 2.75) is 36.7 Å². The second-order valence-electron chi connectivity index (χ2n) is 5.50. The van der Waals surface area contributed by atoms with Gasteiger partial charge in [-0.2, -0.15) is 0 Å². The fourth-order valence-electron chi connectivity index (χ4n) is 1.94. The van der Waals surface area contributed by atoms with Gasteiger partial charge in [0.2, 0.25) is 8.13 Å². The molecule has 0 fully saturated rings. The SMILES string of the molecule is CC(C)C(O)c1ccccc1C(Cl)(Cl)C(Cl)(Cl)C(Cl)(Cl)C(Cl)(Cl)Cl. The van der Waals surface area contributed by atoms with Gasteiger partial charge in [-0.15, -0.1) is 0 Å². The molecule has 0 saturated heterocycles. The molecule has 0 saturated carbocycles. The van der Waals surface area contributed by atoms with Crippen LogP contribution in [0.1, 0.15) is 31.1 Å². The van der Waals surface area contributed by atoms with E-state index in [1.165, 1.54) is 6.07 Å². The molecule has 10 heteroatoms. The summed E-state index contributed by atoms with van der Waals surface area (Å²) in [7, 11) is 0. The minimum absolute atomic E-state index is 0.139. The van der Waals surface area contributed by atoms with Crippen LogP contribution in [-0.2, 0) is 4.33 Å². The molecule has 1 nitrogen and oxygen atoms in total. The van der Waals surface area contributed by atoms with Crippen LogP contribution in [0.15, 0.2) is 24.3 Å². The zero-order chi connectivity index (χ0) is 19.1. The number of rotatable bonds is 5. The van der Waals surface area contributed by atoms with E-state index in [1.807, 2.05) is 13.8 Å². The summed E-state index contributed by atoms with van der Waals surface area (Å²) in [6.45, 7) is 3.63. The Morgan fingerprint density at radius 3 is 1.67 bits per heavy atom. The molecule has 0 aromatic heterocycles. The van der Waals surface area contributed by atoms with Gasteiger partial charge in [0, 0.05) is 0 Å². The average Bonchev–Trinajstić information content (AvgIpc) is 2.44. The highest BCUT2D eigenvalue weighted by Crippen LogP contribution is 2.65. The number of halogens is 9. The molecule has 1 atom stereocenters. The van der Waals surface area contributed by atoms with Gasteiger partial charge in [0.05, 0.1) is 6.10 Å². The Labute approximate surface area is 186 Å². The summed E-state index contributed by atoms with van der Waals surface area (Å²) < 4.78 is -9.16. The first-order valence-corrected chi connectivity index (χ1v) is 9.96. The summed E-state index contributed by atoms with van der Waals surface area (Å²) in [5.74, 6) is -0.139. The van der Waals surface area contributed by atoms with Gasteiger partial charge in [-0.05, 0) is 17.0 Å². The van der Waals surface area contributed by atoms with Crippen LogP contribution in [0.3, 0.4) is 0 Å². The lowest BCUT2D eigenvalue weighted by Gasteiger charge is -2.44. The molecule has 1 N–H and O–H groups in total. The predicted molar refractivity (Wildman–Crippen MR) is 109 cm³/mol. The van der Waals surface area contributed by atoms with Crippen molar-refractivity contribution in [3.63, 3.8) is 0 Å². The molecule has 138 valence electrons. The van der Waals surface area contributed by atoms with Crippen LogP contribution in [-0.4, -0.2) is 17.6 Å². The van der Waals surface area contributed by atoms with Crippen molar-refractivity contribution >= 4 is 104 Å². The molecule has 0 bridgehead atoms. The van der Waals surface area contributed by atoms with Crippen molar-refractivity contribution in [1.29, 1.82) is 0 Å². The molecule has 0 aliphatic heterocycles. The normalized spacial score (nSPS) is 15.7. The van der Waals surface area contributed by atoms with Crippen molar-refractivity contribution in [2.75, 3.05) is 0 Å². The molecular weight excluding hydrogens is 503 g/mol. The monoisotopic (exact) mass is 512 g/mol. The molecule has 1 aromatic carbocycles. The Balaban J connectivity index is 3.56. The summed E-state index contributed by atoms with van der Waals surface area (Å²) in [6.07, 6.45) is -0.893. The Hall–Kier alpha value is 1.79. The number of benzene rings is 1. The maximum atomic E-state index is 10.4. The molecule has 1 unspecified atom stereocenters. The quantitative estimate of drug-likeness (QED) is 0.398. The number of hydrogen-bond acceptors (Lipinski definition) is 1. The van der Waals surface area contributed by atoms with E-state index in [1.54, 1.807) is 18.2 Å². The molecule has 0 amide bonds. The molecule has 0 aliphatic rings. The molecule has 1 aromatic rings. The number of aliphatic hydroxyl groups excluding tert-OH is 1. The van der Waals surface area contributed by atoms with E-state index in [0.29, 0.717) is 5.56 Å². The molecule has 0 aliphatic carbocycles. The predicted octanol–water partition coefficient (Wildman–Crippen LogP) is 7.72. The van der Waals surface area contributed by atoms with E-state index in [-0.39, 0.29) is 11.5 Å². The Bertz CT molecular complexity index is 578. The van der Waals surface area contributed by atoms with Gasteiger partial charge in [0.25, 0.3) is 0 Å². The first kappa shape index (κ1) is 23.8. The molecule has 1 rings (SSSR count). The van der Waals surface area contributed by atoms with Gasteiger partial charge in [0.1, 0.15) is 0 Å². The topological polar surface area (TPSA) is 20.2 Å². The number of hydrogen-bond donors (Lipinski definition) is 1. The van der Waals surface area contributed by atoms with Crippen LogP contribution in [0, 0.1) is 5.92 Å². The van der Waals surface area contributed by atoms with E-state index in [0.717, 1.165) is 0 Å². The lowest BCUT2D eigenvalue weighted by molar-refractivity contribution is 0.125. The largest absolute Gasteiger partial charge is 0.388 e. The molecule has 0 heterocycles. The summed E-state index contributed by atoms with van der Waals surface area (Å²) in [4.78, 5) is 0. The number of alkyl halides is 9. The molecule has 24 heavy (non-hydrogen) atoms. The minimum Gasteiger partial charge on any atom is -0.388 e. The lowest BCUT2D eigenvalue weighted by atomic mass is 9.91. The summed E-state index contributed by atoms with van der Waals surface area (Å²) in [6, 6.07) is 6.49. The maximum absolute atomic E-state index is 10.4. The van der Waals surface area contributed by atoms with Gasteiger partial charge >= 0.3 is 0 Å². The van der Waals surface area contributed by atoms with Crippen molar-refractivity contribution in [1.82, 2.24) is 0 Å². The fourth-order valence-corrected chi connectivity index (χ4v) is 4.25. The second kappa shape index (κ2) is 8.03. The zero-order valence-corrected chi connectivity index (χ0v) is 19.1. The highest BCUT2D eigenvalue weighted by atomic mass is 35.6. The average molecular weight is 516 g/mol. The smallest absolute Gasteiger partial charge is 0.226 e. The summed E-state index contributed by atoms with van der Waals surface area (Å²) >= 11 is 55.1. The van der Waals surface area contributed by atoms with Gasteiger partial charge in [-0.1, -0.05) is 143 Å².